The SMILES string of the molecule is CC(=O)c1c(Cl)nc2c(c1-c1ccccc1)C(=O)c1ccccc1-2. The van der Waals surface area contributed by atoms with Crippen molar-refractivity contribution < 1.29 is 9.59 Å². The number of ketones is 2. The summed E-state index contributed by atoms with van der Waals surface area (Å²) in [5.41, 5.74) is 3.99. The molecular weight excluding hydrogens is 322 g/mol. The fourth-order valence-corrected chi connectivity index (χ4v) is 3.52. The van der Waals surface area contributed by atoms with E-state index in [-0.39, 0.29) is 16.7 Å². The van der Waals surface area contributed by atoms with E-state index in [1.807, 2.05) is 48.5 Å². The van der Waals surface area contributed by atoms with Crippen molar-refractivity contribution in [1.29, 1.82) is 0 Å². The van der Waals surface area contributed by atoms with E-state index >= 15 is 0 Å². The van der Waals surface area contributed by atoms with E-state index < -0.39 is 0 Å². The molecule has 24 heavy (non-hydrogen) atoms. The number of carbonyl (C=O) groups excluding carboxylic acids is 2. The molecule has 1 aromatic heterocycles. The number of hydrogen-bond acceptors (Lipinski definition) is 3. The van der Waals surface area contributed by atoms with Crippen molar-refractivity contribution in [2.75, 3.05) is 0 Å². The number of hydrogen-bond donors (Lipinski definition) is 0. The topological polar surface area (TPSA) is 47.0 Å². The summed E-state index contributed by atoms with van der Waals surface area (Å²) in [5.74, 6) is -0.330. The Morgan fingerprint density at radius 1 is 0.917 bits per heavy atom. The molecular formula is C20H12ClNO2. The molecule has 1 heterocycles. The van der Waals surface area contributed by atoms with Crippen LogP contribution in [-0.2, 0) is 0 Å². The number of rotatable bonds is 2. The van der Waals surface area contributed by atoms with E-state index in [4.69, 9.17) is 11.6 Å². The predicted octanol–water partition coefficient (Wildman–Crippen LogP) is 4.82. The van der Waals surface area contributed by atoms with Crippen molar-refractivity contribution in [1.82, 2.24) is 4.98 Å². The van der Waals surface area contributed by atoms with E-state index in [2.05, 4.69) is 4.98 Å². The molecule has 3 aromatic rings. The highest BCUT2D eigenvalue weighted by molar-refractivity contribution is 6.35. The second-order valence-electron chi connectivity index (χ2n) is 5.67. The highest BCUT2D eigenvalue weighted by atomic mass is 35.5. The van der Waals surface area contributed by atoms with E-state index in [9.17, 15) is 9.59 Å². The maximum Gasteiger partial charge on any atom is 0.196 e. The Morgan fingerprint density at radius 2 is 1.54 bits per heavy atom. The van der Waals surface area contributed by atoms with Gasteiger partial charge in [-0.15, -0.1) is 0 Å². The third kappa shape index (κ3) is 2.02. The fourth-order valence-electron chi connectivity index (χ4n) is 3.21. The number of nitrogens with zero attached hydrogens (tertiary/aromatic N) is 1. The molecule has 3 nitrogen and oxygen atoms in total. The van der Waals surface area contributed by atoms with Gasteiger partial charge in [0.05, 0.1) is 16.8 Å². The van der Waals surface area contributed by atoms with Gasteiger partial charge < -0.3 is 0 Å². The van der Waals surface area contributed by atoms with E-state index in [0.717, 1.165) is 11.1 Å². The molecule has 0 aliphatic heterocycles. The molecule has 0 fully saturated rings. The Hall–Kier alpha value is -2.78. The van der Waals surface area contributed by atoms with Crippen LogP contribution in [-0.4, -0.2) is 16.6 Å². The zero-order valence-corrected chi connectivity index (χ0v) is 13.6. The molecule has 0 saturated carbocycles. The Labute approximate surface area is 143 Å². The molecule has 0 unspecified atom stereocenters. The number of benzene rings is 2. The van der Waals surface area contributed by atoms with E-state index in [1.54, 1.807) is 6.07 Å². The van der Waals surface area contributed by atoms with Gasteiger partial charge in [-0.05, 0) is 12.5 Å². The van der Waals surface area contributed by atoms with Gasteiger partial charge in [0.1, 0.15) is 5.15 Å². The third-order valence-corrected chi connectivity index (χ3v) is 4.49. The van der Waals surface area contributed by atoms with E-state index in [1.165, 1.54) is 6.92 Å². The summed E-state index contributed by atoms with van der Waals surface area (Å²) in [5, 5.41) is 0.129. The highest BCUT2D eigenvalue weighted by Gasteiger charge is 2.34. The molecule has 1 aliphatic carbocycles. The van der Waals surface area contributed by atoms with Crippen LogP contribution < -0.4 is 0 Å². The number of halogens is 1. The molecule has 0 spiro atoms. The van der Waals surface area contributed by atoms with Gasteiger partial charge in [-0.3, -0.25) is 9.59 Å². The van der Waals surface area contributed by atoms with Crippen molar-refractivity contribution in [3.63, 3.8) is 0 Å². The van der Waals surface area contributed by atoms with Crippen LogP contribution in [0, 0.1) is 0 Å². The smallest absolute Gasteiger partial charge is 0.196 e. The summed E-state index contributed by atoms with van der Waals surface area (Å²) in [7, 11) is 0. The molecule has 0 N–H and O–H groups in total. The predicted molar refractivity (Wildman–Crippen MR) is 93.6 cm³/mol. The summed E-state index contributed by atoms with van der Waals surface area (Å²) >= 11 is 6.33. The summed E-state index contributed by atoms with van der Waals surface area (Å²) in [6.07, 6.45) is 0. The Morgan fingerprint density at radius 3 is 2.21 bits per heavy atom. The molecule has 1 aliphatic rings. The van der Waals surface area contributed by atoms with Crippen LogP contribution in [0.25, 0.3) is 22.4 Å². The normalized spacial score (nSPS) is 12.0. The van der Waals surface area contributed by atoms with Gasteiger partial charge in [-0.1, -0.05) is 66.2 Å². The van der Waals surface area contributed by atoms with Crippen LogP contribution in [0.2, 0.25) is 5.15 Å². The largest absolute Gasteiger partial charge is 0.294 e. The van der Waals surface area contributed by atoms with Crippen LogP contribution >= 0.6 is 11.6 Å². The second kappa shape index (κ2) is 5.39. The Balaban J connectivity index is 2.15. The first-order chi connectivity index (χ1) is 11.6. The van der Waals surface area contributed by atoms with E-state index in [0.29, 0.717) is 27.9 Å². The van der Waals surface area contributed by atoms with Crippen LogP contribution in [0.1, 0.15) is 33.2 Å². The van der Waals surface area contributed by atoms with Crippen molar-refractivity contribution >= 4 is 23.2 Å². The maximum absolute atomic E-state index is 13.0. The monoisotopic (exact) mass is 333 g/mol. The standard InChI is InChI=1S/C20H12ClNO2/c1-11(23)15-16(12-7-3-2-4-8-12)17-18(22-20(15)21)13-9-5-6-10-14(13)19(17)24/h2-10H,1H3. The molecule has 2 aromatic carbocycles. The zero-order chi connectivity index (χ0) is 16.8. The van der Waals surface area contributed by atoms with Crippen LogP contribution in [0.5, 0.6) is 0 Å². The van der Waals surface area contributed by atoms with Crippen molar-refractivity contribution in [2.45, 2.75) is 6.92 Å². The molecule has 116 valence electrons. The third-order valence-electron chi connectivity index (χ3n) is 4.22. The van der Waals surface area contributed by atoms with Crippen LogP contribution in [0.15, 0.2) is 54.6 Å². The van der Waals surface area contributed by atoms with Gasteiger partial charge in [0.15, 0.2) is 11.6 Å². The molecule has 0 saturated heterocycles. The van der Waals surface area contributed by atoms with Gasteiger partial charge in [-0.2, -0.15) is 0 Å². The van der Waals surface area contributed by atoms with Crippen molar-refractivity contribution in [3.05, 3.63) is 76.4 Å². The van der Waals surface area contributed by atoms with Crippen LogP contribution in [0.4, 0.5) is 0 Å². The lowest BCUT2D eigenvalue weighted by molar-refractivity contribution is 0.101. The minimum Gasteiger partial charge on any atom is -0.294 e. The van der Waals surface area contributed by atoms with Gasteiger partial charge in [0.2, 0.25) is 0 Å². The molecule has 4 rings (SSSR count). The molecule has 0 atom stereocenters. The average Bonchev–Trinajstić information content (AvgIpc) is 2.87. The van der Waals surface area contributed by atoms with Crippen LogP contribution in [0.3, 0.4) is 0 Å². The molecule has 4 heteroatoms. The number of carbonyl (C=O) groups is 2. The molecule has 0 radical (unpaired) electrons. The number of pyridine rings is 1. The first-order valence-electron chi connectivity index (χ1n) is 7.53. The first kappa shape index (κ1) is 14.8. The second-order valence-corrected chi connectivity index (χ2v) is 6.03. The maximum atomic E-state index is 13.0. The van der Waals surface area contributed by atoms with Crippen molar-refractivity contribution in [2.24, 2.45) is 0 Å². The van der Waals surface area contributed by atoms with Gasteiger partial charge in [0, 0.05) is 16.7 Å². The van der Waals surface area contributed by atoms with Crippen molar-refractivity contribution in [3.8, 4) is 22.4 Å². The Kier molecular flexibility index (Phi) is 3.32. The quantitative estimate of drug-likeness (QED) is 0.390. The summed E-state index contributed by atoms with van der Waals surface area (Å²) < 4.78 is 0. The minimum atomic E-state index is -0.210. The fraction of sp³-hybridized carbons (Fsp3) is 0.0500. The van der Waals surface area contributed by atoms with Gasteiger partial charge >= 0.3 is 0 Å². The molecule has 0 bridgehead atoms. The lowest BCUT2D eigenvalue weighted by Crippen LogP contribution is -2.07. The van der Waals surface area contributed by atoms with Gasteiger partial charge in [0.25, 0.3) is 0 Å². The highest BCUT2D eigenvalue weighted by Crippen LogP contribution is 2.43. The summed E-state index contributed by atoms with van der Waals surface area (Å²) in [6.45, 7) is 1.44. The number of Topliss-reactive ketones (excluding diaryl/α,β-unsaturated/α-hetero) is 1. The van der Waals surface area contributed by atoms with Gasteiger partial charge in [-0.25, -0.2) is 4.98 Å². The molecule has 0 amide bonds. The lowest BCUT2D eigenvalue weighted by Gasteiger charge is -2.13. The first-order valence-corrected chi connectivity index (χ1v) is 7.91. The Bertz CT molecular complexity index is 1010. The average molecular weight is 334 g/mol. The zero-order valence-electron chi connectivity index (χ0n) is 12.8. The lowest BCUT2D eigenvalue weighted by atomic mass is 9.92. The summed E-state index contributed by atoms with van der Waals surface area (Å²) in [6, 6.07) is 16.7. The number of fused-ring (bicyclic) bond motifs is 3. The minimum absolute atomic E-state index is 0.119. The number of aromatic nitrogens is 1. The summed E-state index contributed by atoms with van der Waals surface area (Å²) in [4.78, 5) is 29.6.